The topological polar surface area (TPSA) is 83.1 Å². The van der Waals surface area contributed by atoms with E-state index in [1.165, 1.54) is 0 Å². The number of amides is 1. The highest BCUT2D eigenvalue weighted by molar-refractivity contribution is 5.82. The molecule has 2 aromatic carbocycles. The Kier molecular flexibility index (Phi) is 5.58. The van der Waals surface area contributed by atoms with Gasteiger partial charge >= 0.3 is 5.97 Å². The Morgan fingerprint density at radius 1 is 1.12 bits per heavy atom. The summed E-state index contributed by atoms with van der Waals surface area (Å²) in [5, 5.41) is 2.68. The van der Waals surface area contributed by atoms with E-state index in [4.69, 9.17) is 18.9 Å². The van der Waals surface area contributed by atoms with E-state index in [0.717, 1.165) is 5.56 Å². The molecule has 2 aromatic rings. The lowest BCUT2D eigenvalue weighted by atomic mass is 10.2. The Hall–Kier alpha value is -3.22. The van der Waals surface area contributed by atoms with E-state index in [1.54, 1.807) is 43.3 Å². The van der Waals surface area contributed by atoms with Gasteiger partial charge in [0.15, 0.2) is 24.2 Å². The average molecular weight is 357 g/mol. The highest BCUT2D eigenvalue weighted by atomic mass is 16.7. The van der Waals surface area contributed by atoms with Crippen LogP contribution in [-0.4, -0.2) is 31.4 Å². The van der Waals surface area contributed by atoms with Crippen LogP contribution in [0.1, 0.15) is 12.5 Å². The third-order valence-electron chi connectivity index (χ3n) is 3.66. The van der Waals surface area contributed by atoms with Crippen molar-refractivity contribution in [3.63, 3.8) is 0 Å². The molecule has 0 radical (unpaired) electrons. The van der Waals surface area contributed by atoms with Gasteiger partial charge < -0.3 is 24.3 Å². The second kappa shape index (κ2) is 8.24. The van der Waals surface area contributed by atoms with Gasteiger partial charge in [0.25, 0.3) is 5.91 Å². The maximum atomic E-state index is 11.9. The Morgan fingerprint density at radius 3 is 2.69 bits per heavy atom. The van der Waals surface area contributed by atoms with Gasteiger partial charge in [-0.25, -0.2) is 4.79 Å². The van der Waals surface area contributed by atoms with Gasteiger partial charge in [0, 0.05) is 6.54 Å². The van der Waals surface area contributed by atoms with E-state index in [9.17, 15) is 9.59 Å². The molecule has 1 amide bonds. The first-order valence-electron chi connectivity index (χ1n) is 8.15. The minimum absolute atomic E-state index is 0.199. The average Bonchev–Trinajstić information content (AvgIpc) is 3.13. The van der Waals surface area contributed by atoms with E-state index in [-0.39, 0.29) is 13.4 Å². The van der Waals surface area contributed by atoms with Crippen molar-refractivity contribution in [3.05, 3.63) is 54.1 Å². The zero-order chi connectivity index (χ0) is 18.4. The number of rotatable bonds is 7. The first-order valence-corrected chi connectivity index (χ1v) is 8.15. The van der Waals surface area contributed by atoms with Crippen molar-refractivity contribution in [3.8, 4) is 17.2 Å². The van der Waals surface area contributed by atoms with Crippen LogP contribution < -0.4 is 19.5 Å². The SMILES string of the molecule is C[C@H](Oc1ccccc1)C(=O)OCC(=O)NCc1ccc2c(c1)OCO2. The van der Waals surface area contributed by atoms with Crippen molar-refractivity contribution < 1.29 is 28.5 Å². The number of benzene rings is 2. The predicted octanol–water partition coefficient (Wildman–Crippen LogP) is 2.04. The van der Waals surface area contributed by atoms with Crippen LogP contribution in [0.5, 0.6) is 17.2 Å². The number of para-hydroxylation sites is 1. The second-order valence-corrected chi connectivity index (χ2v) is 5.65. The van der Waals surface area contributed by atoms with Crippen LogP contribution >= 0.6 is 0 Å². The fourth-order valence-electron chi connectivity index (χ4n) is 2.31. The zero-order valence-electron chi connectivity index (χ0n) is 14.3. The molecule has 0 saturated carbocycles. The molecule has 3 rings (SSSR count). The second-order valence-electron chi connectivity index (χ2n) is 5.65. The van der Waals surface area contributed by atoms with Crippen molar-refractivity contribution in [1.82, 2.24) is 5.32 Å². The molecule has 1 aliphatic rings. The molecular weight excluding hydrogens is 338 g/mol. The lowest BCUT2D eigenvalue weighted by Crippen LogP contribution is -2.32. The largest absolute Gasteiger partial charge is 0.479 e. The fourth-order valence-corrected chi connectivity index (χ4v) is 2.31. The van der Waals surface area contributed by atoms with Crippen molar-refractivity contribution in [2.75, 3.05) is 13.4 Å². The van der Waals surface area contributed by atoms with Crippen LogP contribution in [0.15, 0.2) is 48.5 Å². The van der Waals surface area contributed by atoms with Crippen molar-refractivity contribution in [2.45, 2.75) is 19.6 Å². The number of fused-ring (bicyclic) bond motifs is 1. The summed E-state index contributed by atoms with van der Waals surface area (Å²) in [4.78, 5) is 23.7. The van der Waals surface area contributed by atoms with Gasteiger partial charge in [-0.15, -0.1) is 0 Å². The molecule has 7 nitrogen and oxygen atoms in total. The molecule has 0 spiro atoms. The number of hydrogen-bond acceptors (Lipinski definition) is 6. The van der Waals surface area contributed by atoms with E-state index in [1.807, 2.05) is 12.1 Å². The van der Waals surface area contributed by atoms with Crippen molar-refractivity contribution >= 4 is 11.9 Å². The Balaban J connectivity index is 1.40. The first-order chi connectivity index (χ1) is 12.6. The van der Waals surface area contributed by atoms with Gasteiger partial charge in [0.1, 0.15) is 5.75 Å². The molecule has 1 N–H and O–H groups in total. The molecule has 1 heterocycles. The number of esters is 1. The predicted molar refractivity (Wildman–Crippen MR) is 91.9 cm³/mol. The summed E-state index contributed by atoms with van der Waals surface area (Å²) in [6.07, 6.45) is -0.806. The molecule has 26 heavy (non-hydrogen) atoms. The summed E-state index contributed by atoms with van der Waals surface area (Å²) in [5.74, 6) is 0.885. The molecule has 0 aliphatic carbocycles. The first kappa shape index (κ1) is 17.6. The van der Waals surface area contributed by atoms with Crippen LogP contribution in [0.2, 0.25) is 0 Å². The smallest absolute Gasteiger partial charge is 0.347 e. The molecule has 0 bridgehead atoms. The molecular formula is C19H19NO6. The molecule has 1 aliphatic heterocycles. The molecule has 1 atom stereocenters. The quantitative estimate of drug-likeness (QED) is 0.764. The van der Waals surface area contributed by atoms with Gasteiger partial charge in [-0.3, -0.25) is 4.79 Å². The number of ether oxygens (including phenoxy) is 4. The van der Waals surface area contributed by atoms with E-state index >= 15 is 0 Å². The summed E-state index contributed by atoms with van der Waals surface area (Å²) in [6, 6.07) is 14.3. The molecule has 7 heteroatoms. The van der Waals surface area contributed by atoms with Gasteiger partial charge in [0.2, 0.25) is 6.79 Å². The van der Waals surface area contributed by atoms with Crippen LogP contribution in [-0.2, 0) is 20.9 Å². The third-order valence-corrected chi connectivity index (χ3v) is 3.66. The molecule has 0 fully saturated rings. The normalized spacial score (nSPS) is 13.0. The van der Waals surface area contributed by atoms with E-state index in [2.05, 4.69) is 5.32 Å². The summed E-state index contributed by atoms with van der Waals surface area (Å²) in [7, 11) is 0. The summed E-state index contributed by atoms with van der Waals surface area (Å²) in [5.41, 5.74) is 0.856. The molecule has 0 unspecified atom stereocenters. The number of carbonyl (C=O) groups is 2. The van der Waals surface area contributed by atoms with E-state index in [0.29, 0.717) is 23.8 Å². The lowest BCUT2D eigenvalue weighted by Gasteiger charge is -2.14. The Bertz CT molecular complexity index is 777. The lowest BCUT2D eigenvalue weighted by molar-refractivity contribution is -0.154. The minimum Gasteiger partial charge on any atom is -0.479 e. The molecule has 0 saturated heterocycles. The number of nitrogens with one attached hydrogen (secondary N) is 1. The summed E-state index contributed by atoms with van der Waals surface area (Å²) >= 11 is 0. The fraction of sp³-hybridized carbons (Fsp3) is 0.263. The van der Waals surface area contributed by atoms with E-state index < -0.39 is 18.0 Å². The minimum atomic E-state index is -0.806. The van der Waals surface area contributed by atoms with Crippen molar-refractivity contribution in [2.24, 2.45) is 0 Å². The molecule has 136 valence electrons. The van der Waals surface area contributed by atoms with Gasteiger partial charge in [0.05, 0.1) is 0 Å². The molecule has 0 aromatic heterocycles. The maximum Gasteiger partial charge on any atom is 0.347 e. The maximum absolute atomic E-state index is 11.9. The van der Waals surface area contributed by atoms with Crippen LogP contribution in [0.4, 0.5) is 0 Å². The Labute approximate surface area is 150 Å². The number of hydrogen-bond donors (Lipinski definition) is 1. The zero-order valence-corrected chi connectivity index (χ0v) is 14.3. The summed E-state index contributed by atoms with van der Waals surface area (Å²) < 4.78 is 20.9. The number of carbonyl (C=O) groups excluding carboxylic acids is 2. The van der Waals surface area contributed by atoms with Crippen LogP contribution in [0.25, 0.3) is 0 Å². The highest BCUT2D eigenvalue weighted by Crippen LogP contribution is 2.32. The van der Waals surface area contributed by atoms with Crippen LogP contribution in [0.3, 0.4) is 0 Å². The standard InChI is InChI=1S/C19H19NO6/c1-13(26-15-5-3-2-4-6-15)19(22)23-11-18(21)20-10-14-7-8-16-17(9-14)25-12-24-16/h2-9,13H,10-12H2,1H3,(H,20,21)/t13-/m0/s1. The summed E-state index contributed by atoms with van der Waals surface area (Å²) in [6.45, 7) is 1.69. The van der Waals surface area contributed by atoms with Crippen molar-refractivity contribution in [1.29, 1.82) is 0 Å². The van der Waals surface area contributed by atoms with Gasteiger partial charge in [-0.1, -0.05) is 24.3 Å². The highest BCUT2D eigenvalue weighted by Gasteiger charge is 2.18. The van der Waals surface area contributed by atoms with Gasteiger partial charge in [-0.05, 0) is 36.8 Å². The van der Waals surface area contributed by atoms with Crippen LogP contribution in [0, 0.1) is 0 Å². The third kappa shape index (κ3) is 4.66. The monoisotopic (exact) mass is 357 g/mol. The van der Waals surface area contributed by atoms with Gasteiger partial charge in [-0.2, -0.15) is 0 Å². The Morgan fingerprint density at radius 2 is 1.88 bits per heavy atom.